The second kappa shape index (κ2) is 10.5. The van der Waals surface area contributed by atoms with Gasteiger partial charge in [-0.15, -0.1) is 0 Å². The van der Waals surface area contributed by atoms with E-state index in [4.69, 9.17) is 0 Å². The Morgan fingerprint density at radius 1 is 1.11 bits per heavy atom. The number of amides is 1. The maximum Gasteiger partial charge on any atom is 0.433 e. The Balaban J connectivity index is 1.53. The van der Waals surface area contributed by atoms with Gasteiger partial charge in [-0.25, -0.2) is 17.2 Å². The highest BCUT2D eigenvalue weighted by Gasteiger charge is 2.44. The maximum absolute atomic E-state index is 14.2. The van der Waals surface area contributed by atoms with Crippen molar-refractivity contribution in [2.24, 2.45) is 0 Å². The molecule has 13 heteroatoms. The number of carbonyl (C=O) groups is 1. The first kappa shape index (κ1) is 27.2. The van der Waals surface area contributed by atoms with Gasteiger partial charge in [0.1, 0.15) is 23.7 Å². The molecule has 0 radical (unpaired) electrons. The predicted octanol–water partition coefficient (Wildman–Crippen LogP) is 4.20. The van der Waals surface area contributed by atoms with Crippen LogP contribution in [0.3, 0.4) is 0 Å². The number of hydrogen-bond donors (Lipinski definition) is 1. The van der Waals surface area contributed by atoms with Crippen molar-refractivity contribution in [1.29, 1.82) is 5.26 Å². The van der Waals surface area contributed by atoms with Gasteiger partial charge in [0.25, 0.3) is 0 Å². The fourth-order valence-corrected chi connectivity index (χ4v) is 5.69. The topological polar surface area (TPSA) is 103 Å². The van der Waals surface area contributed by atoms with Gasteiger partial charge in [-0.2, -0.15) is 22.7 Å². The lowest BCUT2D eigenvalue weighted by Gasteiger charge is -2.23. The maximum atomic E-state index is 14.2. The van der Waals surface area contributed by atoms with E-state index in [1.807, 2.05) is 6.07 Å². The molecule has 0 aliphatic carbocycles. The highest BCUT2D eigenvalue weighted by atomic mass is 32.2. The third-order valence-electron chi connectivity index (χ3n) is 5.90. The van der Waals surface area contributed by atoms with Crippen LogP contribution < -0.4 is 5.32 Å². The monoisotopic (exact) mass is 550 g/mol. The Morgan fingerprint density at radius 3 is 2.42 bits per heavy atom. The zero-order valence-corrected chi connectivity index (χ0v) is 20.2. The van der Waals surface area contributed by atoms with Crippen molar-refractivity contribution in [1.82, 2.24) is 14.6 Å². The van der Waals surface area contributed by atoms with Crippen LogP contribution in [0.5, 0.6) is 0 Å². The van der Waals surface area contributed by atoms with E-state index in [1.165, 1.54) is 24.3 Å². The molecule has 1 aliphatic heterocycles. The van der Waals surface area contributed by atoms with Gasteiger partial charge < -0.3 is 5.32 Å². The summed E-state index contributed by atoms with van der Waals surface area (Å²) in [6.45, 7) is -0.722. The van der Waals surface area contributed by atoms with Crippen molar-refractivity contribution < 1.29 is 35.2 Å². The van der Waals surface area contributed by atoms with Crippen molar-refractivity contribution in [2.75, 3.05) is 6.54 Å². The van der Waals surface area contributed by atoms with E-state index < -0.39 is 52.4 Å². The largest absolute Gasteiger partial charge is 0.433 e. The van der Waals surface area contributed by atoms with Crippen LogP contribution in [0.1, 0.15) is 23.2 Å². The number of alkyl halides is 4. The average Bonchev–Trinajstić information content (AvgIpc) is 3.29. The second-order valence-corrected chi connectivity index (χ2v) is 10.4. The molecule has 0 bridgehead atoms. The van der Waals surface area contributed by atoms with Crippen LogP contribution in [-0.2, 0) is 27.5 Å². The number of benzene rings is 2. The van der Waals surface area contributed by atoms with Gasteiger partial charge in [0, 0.05) is 31.3 Å². The number of sulfonamides is 1. The summed E-state index contributed by atoms with van der Waals surface area (Å²) in [6.07, 6.45) is -5.58. The molecule has 0 spiro atoms. The minimum Gasteiger partial charge on any atom is -0.351 e. The number of pyridine rings is 1. The van der Waals surface area contributed by atoms with Crippen LogP contribution in [0, 0.1) is 17.1 Å². The molecule has 198 valence electrons. The molecule has 1 amide bonds. The molecular weight excluding hydrogens is 531 g/mol. The minimum absolute atomic E-state index is 0.164. The van der Waals surface area contributed by atoms with E-state index in [9.17, 15) is 40.4 Å². The van der Waals surface area contributed by atoms with Crippen molar-refractivity contribution in [3.05, 3.63) is 83.4 Å². The fraction of sp³-hybridized carbons (Fsp3) is 0.240. The van der Waals surface area contributed by atoms with E-state index in [2.05, 4.69) is 10.3 Å². The van der Waals surface area contributed by atoms with Crippen LogP contribution in [0.15, 0.2) is 65.7 Å². The van der Waals surface area contributed by atoms with Gasteiger partial charge in [-0.1, -0.05) is 6.07 Å². The van der Waals surface area contributed by atoms with E-state index in [-0.39, 0.29) is 23.4 Å². The molecule has 2 unspecified atom stereocenters. The summed E-state index contributed by atoms with van der Waals surface area (Å²) in [5, 5.41) is 11.9. The molecule has 2 heterocycles. The lowest BCUT2D eigenvalue weighted by molar-refractivity contribution is -0.141. The zero-order chi connectivity index (χ0) is 27.7. The van der Waals surface area contributed by atoms with Gasteiger partial charge >= 0.3 is 6.18 Å². The molecule has 1 aliphatic rings. The summed E-state index contributed by atoms with van der Waals surface area (Å²) in [5.41, 5.74) is 0.162. The number of nitrogens with zero attached hydrogens (tertiary/aromatic N) is 3. The van der Waals surface area contributed by atoms with Crippen LogP contribution in [0.4, 0.5) is 22.0 Å². The first-order valence-corrected chi connectivity index (χ1v) is 12.6. The van der Waals surface area contributed by atoms with Crippen molar-refractivity contribution in [3.8, 4) is 17.2 Å². The normalized spacial score (nSPS) is 18.2. The van der Waals surface area contributed by atoms with Crippen LogP contribution in [-0.4, -0.2) is 42.4 Å². The lowest BCUT2D eigenvalue weighted by Crippen LogP contribution is -2.45. The third-order valence-corrected chi connectivity index (χ3v) is 7.79. The quantitative estimate of drug-likeness (QED) is 0.464. The van der Waals surface area contributed by atoms with Crippen molar-refractivity contribution >= 4 is 15.9 Å². The summed E-state index contributed by atoms with van der Waals surface area (Å²) in [5.74, 6) is -1.44. The molecular formula is C25H19F5N4O3S. The SMILES string of the molecule is N#Cc1cc(CNC(=O)C2CC(F)CN2S(=O)(=O)c2ccc(F)cc2)cc(-c2ccc(C(F)(F)F)nc2)c1. The molecule has 0 saturated carbocycles. The van der Waals surface area contributed by atoms with Crippen molar-refractivity contribution in [3.63, 3.8) is 0 Å². The van der Waals surface area contributed by atoms with Gasteiger partial charge in [0.2, 0.25) is 15.9 Å². The Morgan fingerprint density at radius 2 is 1.82 bits per heavy atom. The number of halogens is 5. The standard InChI is InChI=1S/C25H19F5N4O3S/c26-19-2-4-21(5-3-19)38(36,37)34-14-20(27)10-22(34)24(35)33-12-16-7-15(11-31)8-18(9-16)17-1-6-23(32-13-17)25(28,29)30/h1-9,13,20,22H,10,12,14H2,(H,33,35). The Bertz CT molecular complexity index is 1490. The molecule has 1 aromatic heterocycles. The summed E-state index contributed by atoms with van der Waals surface area (Å²) in [6, 6.07) is 10.9. The molecule has 2 aromatic carbocycles. The summed E-state index contributed by atoms with van der Waals surface area (Å²) in [4.78, 5) is 16.0. The Hall–Kier alpha value is -3.89. The highest BCUT2D eigenvalue weighted by molar-refractivity contribution is 7.89. The minimum atomic E-state index is -4.61. The van der Waals surface area contributed by atoms with Gasteiger partial charge in [0.15, 0.2) is 0 Å². The molecule has 1 N–H and O–H groups in total. The summed E-state index contributed by atoms with van der Waals surface area (Å²) >= 11 is 0. The van der Waals surface area contributed by atoms with E-state index in [0.717, 1.165) is 40.8 Å². The summed E-state index contributed by atoms with van der Waals surface area (Å²) < 4.78 is 92.7. The van der Waals surface area contributed by atoms with Gasteiger partial charge in [-0.3, -0.25) is 9.78 Å². The van der Waals surface area contributed by atoms with Crippen LogP contribution in [0.2, 0.25) is 0 Å². The average molecular weight is 551 g/mol. The van der Waals surface area contributed by atoms with Gasteiger partial charge in [-0.05, 0) is 59.7 Å². The molecule has 7 nitrogen and oxygen atoms in total. The number of carbonyl (C=O) groups excluding carboxylic acids is 1. The number of aromatic nitrogens is 1. The smallest absolute Gasteiger partial charge is 0.351 e. The molecule has 3 aromatic rings. The molecule has 38 heavy (non-hydrogen) atoms. The number of hydrogen-bond acceptors (Lipinski definition) is 5. The van der Waals surface area contributed by atoms with E-state index >= 15 is 0 Å². The fourth-order valence-electron chi connectivity index (χ4n) is 4.07. The summed E-state index contributed by atoms with van der Waals surface area (Å²) in [7, 11) is -4.30. The zero-order valence-electron chi connectivity index (χ0n) is 19.4. The Kier molecular flexibility index (Phi) is 7.48. The lowest BCUT2D eigenvalue weighted by atomic mass is 10.0. The first-order chi connectivity index (χ1) is 17.9. The number of nitriles is 1. The number of rotatable bonds is 6. The molecule has 2 atom stereocenters. The van der Waals surface area contributed by atoms with Crippen LogP contribution in [0.25, 0.3) is 11.1 Å². The molecule has 1 fully saturated rings. The predicted molar refractivity (Wildman–Crippen MR) is 125 cm³/mol. The van der Waals surface area contributed by atoms with Crippen molar-refractivity contribution in [2.45, 2.75) is 36.3 Å². The third kappa shape index (κ3) is 5.81. The molecule has 1 saturated heterocycles. The number of nitrogens with one attached hydrogen (secondary N) is 1. The van der Waals surface area contributed by atoms with Gasteiger partial charge in [0.05, 0.1) is 16.5 Å². The first-order valence-electron chi connectivity index (χ1n) is 11.2. The Labute approximate surface area is 214 Å². The van der Waals surface area contributed by atoms with E-state index in [0.29, 0.717) is 16.7 Å². The highest BCUT2D eigenvalue weighted by Crippen LogP contribution is 2.30. The van der Waals surface area contributed by atoms with E-state index in [1.54, 1.807) is 0 Å². The molecule has 4 rings (SSSR count). The second-order valence-electron chi connectivity index (χ2n) is 8.56. The van der Waals surface area contributed by atoms with Crippen LogP contribution >= 0.6 is 0 Å².